The molecular formula is C16H23NO3. The normalized spacial score (nSPS) is 18.6. The van der Waals surface area contributed by atoms with E-state index in [1.54, 1.807) is 14.0 Å². The van der Waals surface area contributed by atoms with Crippen molar-refractivity contribution in [1.29, 1.82) is 0 Å². The molecule has 0 aromatic heterocycles. The van der Waals surface area contributed by atoms with E-state index in [2.05, 4.69) is 5.32 Å². The second kappa shape index (κ2) is 6.27. The first-order chi connectivity index (χ1) is 9.60. The Labute approximate surface area is 120 Å². The molecule has 110 valence electrons. The van der Waals surface area contributed by atoms with Crippen LogP contribution < -0.4 is 10.1 Å². The van der Waals surface area contributed by atoms with E-state index in [4.69, 9.17) is 4.74 Å². The Balaban J connectivity index is 2.32. The first kappa shape index (κ1) is 14.9. The molecule has 20 heavy (non-hydrogen) atoms. The molecular weight excluding hydrogens is 254 g/mol. The highest BCUT2D eigenvalue weighted by atomic mass is 16.5. The number of benzene rings is 1. The number of nitrogens with one attached hydrogen (secondary N) is 1. The molecule has 1 fully saturated rings. The van der Waals surface area contributed by atoms with Crippen molar-refractivity contribution < 1.29 is 14.6 Å². The fraction of sp³-hybridized carbons (Fsp3) is 0.562. The number of carbonyl (C=O) groups excluding carboxylic acids is 1. The summed E-state index contributed by atoms with van der Waals surface area (Å²) in [6.07, 6.45) is 3.22. The van der Waals surface area contributed by atoms with Crippen molar-refractivity contribution in [2.24, 2.45) is 0 Å². The third-order valence-electron chi connectivity index (χ3n) is 4.07. The second-order valence-electron chi connectivity index (χ2n) is 5.55. The van der Waals surface area contributed by atoms with Crippen LogP contribution in [0.4, 0.5) is 0 Å². The lowest BCUT2D eigenvalue weighted by Gasteiger charge is -2.30. The van der Waals surface area contributed by atoms with Crippen LogP contribution in [0.25, 0.3) is 0 Å². The maximum Gasteiger partial charge on any atom is 0.230 e. The quantitative estimate of drug-likeness (QED) is 0.865. The van der Waals surface area contributed by atoms with Gasteiger partial charge in [-0.3, -0.25) is 4.79 Å². The molecule has 0 aliphatic heterocycles. The van der Waals surface area contributed by atoms with Gasteiger partial charge in [-0.15, -0.1) is 0 Å². The summed E-state index contributed by atoms with van der Waals surface area (Å²) >= 11 is 0. The molecule has 1 saturated carbocycles. The Kier molecular flexibility index (Phi) is 4.65. The van der Waals surface area contributed by atoms with Crippen molar-refractivity contribution in [2.45, 2.75) is 44.1 Å². The highest BCUT2D eigenvalue weighted by molar-refractivity contribution is 5.89. The van der Waals surface area contributed by atoms with Gasteiger partial charge in [0.15, 0.2) is 0 Å². The van der Waals surface area contributed by atoms with Crippen LogP contribution in [0.2, 0.25) is 0 Å². The van der Waals surface area contributed by atoms with Crippen molar-refractivity contribution >= 4 is 5.91 Å². The van der Waals surface area contributed by atoms with Crippen molar-refractivity contribution in [3.63, 3.8) is 0 Å². The molecule has 1 aliphatic rings. The fourth-order valence-corrected chi connectivity index (χ4v) is 3.05. The monoisotopic (exact) mass is 277 g/mol. The fourth-order valence-electron chi connectivity index (χ4n) is 3.05. The molecule has 4 heteroatoms. The van der Waals surface area contributed by atoms with E-state index in [-0.39, 0.29) is 12.5 Å². The maximum atomic E-state index is 12.7. The number of aliphatic hydroxyl groups is 1. The van der Waals surface area contributed by atoms with Crippen molar-refractivity contribution in [1.82, 2.24) is 5.32 Å². The van der Waals surface area contributed by atoms with Gasteiger partial charge in [0.2, 0.25) is 5.91 Å². The largest absolute Gasteiger partial charge is 0.496 e. The number of para-hydroxylation sites is 1. The number of amides is 1. The highest BCUT2D eigenvalue weighted by Crippen LogP contribution is 2.44. The molecule has 1 unspecified atom stereocenters. The zero-order chi connectivity index (χ0) is 14.6. The smallest absolute Gasteiger partial charge is 0.230 e. The summed E-state index contributed by atoms with van der Waals surface area (Å²) in [4.78, 5) is 12.7. The Bertz CT molecular complexity index is 465. The lowest BCUT2D eigenvalue weighted by molar-refractivity contribution is -0.127. The summed E-state index contributed by atoms with van der Waals surface area (Å²) in [5.74, 6) is 0.766. The molecule has 1 aromatic carbocycles. The minimum absolute atomic E-state index is 0.000370. The molecule has 4 nitrogen and oxygen atoms in total. The number of carbonyl (C=O) groups is 1. The van der Waals surface area contributed by atoms with Crippen molar-refractivity contribution in [2.75, 3.05) is 13.7 Å². The molecule has 0 bridgehead atoms. The van der Waals surface area contributed by atoms with E-state index in [0.717, 1.165) is 37.0 Å². The summed E-state index contributed by atoms with van der Waals surface area (Å²) < 4.78 is 5.43. The topological polar surface area (TPSA) is 58.6 Å². The van der Waals surface area contributed by atoms with Crippen LogP contribution in [-0.4, -0.2) is 30.8 Å². The van der Waals surface area contributed by atoms with E-state index in [0.29, 0.717) is 0 Å². The van der Waals surface area contributed by atoms with E-state index in [1.807, 2.05) is 24.3 Å². The first-order valence-corrected chi connectivity index (χ1v) is 7.20. The number of rotatable bonds is 5. The van der Waals surface area contributed by atoms with Gasteiger partial charge in [-0.2, -0.15) is 0 Å². The van der Waals surface area contributed by atoms with Gasteiger partial charge in [0.25, 0.3) is 0 Å². The Hall–Kier alpha value is -1.55. The van der Waals surface area contributed by atoms with Crippen molar-refractivity contribution in [3.05, 3.63) is 29.8 Å². The molecule has 1 aliphatic carbocycles. The second-order valence-corrected chi connectivity index (χ2v) is 5.55. The lowest BCUT2D eigenvalue weighted by atomic mass is 9.77. The first-order valence-electron chi connectivity index (χ1n) is 7.20. The van der Waals surface area contributed by atoms with Gasteiger partial charge < -0.3 is 15.2 Å². The van der Waals surface area contributed by atoms with Gasteiger partial charge in [0.1, 0.15) is 5.75 Å². The van der Waals surface area contributed by atoms with E-state index < -0.39 is 11.5 Å². The SMILES string of the molecule is COc1ccccc1C1(C(=O)NCC(C)O)CCCC1. The molecule has 0 saturated heterocycles. The molecule has 0 heterocycles. The van der Waals surface area contributed by atoms with E-state index in [1.165, 1.54) is 0 Å². The standard InChI is InChI=1S/C16H23NO3/c1-12(18)11-17-15(19)16(9-5-6-10-16)13-7-3-4-8-14(13)20-2/h3-4,7-8,12,18H,5-6,9-11H2,1-2H3,(H,17,19). The summed E-state index contributed by atoms with van der Waals surface area (Å²) in [6.45, 7) is 1.96. The molecule has 2 N–H and O–H groups in total. The minimum atomic E-state index is -0.532. The van der Waals surface area contributed by atoms with Crippen LogP contribution in [0.3, 0.4) is 0 Å². The van der Waals surface area contributed by atoms with Crippen LogP contribution in [0.5, 0.6) is 5.75 Å². The summed E-state index contributed by atoms with van der Waals surface area (Å²) in [6, 6.07) is 7.74. The van der Waals surface area contributed by atoms with Gasteiger partial charge >= 0.3 is 0 Å². The van der Waals surface area contributed by atoms with Gasteiger partial charge in [-0.05, 0) is 25.8 Å². The average molecular weight is 277 g/mol. The number of aliphatic hydroxyl groups excluding tert-OH is 1. The number of hydrogen-bond acceptors (Lipinski definition) is 3. The van der Waals surface area contributed by atoms with Gasteiger partial charge in [-0.25, -0.2) is 0 Å². The lowest BCUT2D eigenvalue weighted by Crippen LogP contribution is -2.45. The zero-order valence-electron chi connectivity index (χ0n) is 12.2. The Morgan fingerprint density at radius 2 is 2.05 bits per heavy atom. The number of hydrogen-bond donors (Lipinski definition) is 2. The summed E-state index contributed by atoms with van der Waals surface area (Å²) in [7, 11) is 1.63. The Morgan fingerprint density at radius 1 is 1.40 bits per heavy atom. The third kappa shape index (κ3) is 2.80. The molecule has 0 spiro atoms. The molecule has 0 radical (unpaired) electrons. The van der Waals surface area contributed by atoms with Crippen LogP contribution in [0, 0.1) is 0 Å². The molecule has 1 aromatic rings. The maximum absolute atomic E-state index is 12.7. The van der Waals surface area contributed by atoms with Gasteiger partial charge in [0, 0.05) is 12.1 Å². The minimum Gasteiger partial charge on any atom is -0.496 e. The molecule has 2 rings (SSSR count). The predicted octanol–water partition coefficient (Wildman–Crippen LogP) is 2.00. The van der Waals surface area contributed by atoms with Gasteiger partial charge in [0.05, 0.1) is 18.6 Å². The van der Waals surface area contributed by atoms with Crippen LogP contribution in [-0.2, 0) is 10.2 Å². The zero-order valence-corrected chi connectivity index (χ0v) is 12.2. The number of methoxy groups -OCH3 is 1. The average Bonchev–Trinajstić information content (AvgIpc) is 2.95. The Morgan fingerprint density at radius 3 is 2.65 bits per heavy atom. The molecule has 1 atom stereocenters. The van der Waals surface area contributed by atoms with Crippen LogP contribution in [0.15, 0.2) is 24.3 Å². The van der Waals surface area contributed by atoms with Crippen LogP contribution in [0.1, 0.15) is 38.2 Å². The summed E-state index contributed by atoms with van der Waals surface area (Å²) in [5.41, 5.74) is 0.449. The summed E-state index contributed by atoms with van der Waals surface area (Å²) in [5, 5.41) is 12.2. The molecule has 1 amide bonds. The predicted molar refractivity (Wildman–Crippen MR) is 77.8 cm³/mol. The van der Waals surface area contributed by atoms with E-state index in [9.17, 15) is 9.90 Å². The van der Waals surface area contributed by atoms with Crippen LogP contribution >= 0.6 is 0 Å². The highest BCUT2D eigenvalue weighted by Gasteiger charge is 2.44. The van der Waals surface area contributed by atoms with Crippen molar-refractivity contribution in [3.8, 4) is 5.75 Å². The van der Waals surface area contributed by atoms with Gasteiger partial charge in [-0.1, -0.05) is 31.0 Å². The third-order valence-corrected chi connectivity index (χ3v) is 4.07. The van der Waals surface area contributed by atoms with E-state index >= 15 is 0 Å². The number of ether oxygens (including phenoxy) is 1.